The highest BCUT2D eigenvalue weighted by molar-refractivity contribution is 5.18. The Morgan fingerprint density at radius 2 is 1.61 bits per heavy atom. The lowest BCUT2D eigenvalue weighted by molar-refractivity contribution is -0.282. The van der Waals surface area contributed by atoms with Gasteiger partial charge >= 0.3 is 0 Å². The van der Waals surface area contributed by atoms with Crippen molar-refractivity contribution in [3.05, 3.63) is 0 Å². The Hall–Kier alpha value is -0.160. The summed E-state index contributed by atoms with van der Waals surface area (Å²) in [6.07, 6.45) is 9.68. The van der Waals surface area contributed by atoms with Crippen molar-refractivity contribution in [3.8, 4) is 0 Å². The summed E-state index contributed by atoms with van der Waals surface area (Å²) < 4.78 is 13.2. The van der Waals surface area contributed by atoms with Gasteiger partial charge in [0, 0.05) is 18.3 Å². The Morgan fingerprint density at radius 3 is 2.35 bits per heavy atom. The fourth-order valence-electron chi connectivity index (χ4n) is 10.4. The molecular weight excluding hydrogens is 388 g/mol. The number of hydrogen-bond donors (Lipinski definition) is 2. The second-order valence-electron chi connectivity index (χ2n) is 13.2. The fraction of sp³-hybridized carbons (Fsp3) is 1.00. The number of fused-ring (bicyclic) bond motifs is 7. The minimum Gasteiger partial charge on any atom is -0.393 e. The first-order valence-electron chi connectivity index (χ1n) is 13.4. The van der Waals surface area contributed by atoms with Gasteiger partial charge in [0.2, 0.25) is 0 Å². The molecule has 2 saturated heterocycles. The van der Waals surface area contributed by atoms with Gasteiger partial charge in [-0.2, -0.15) is 0 Å². The topological polar surface area (TPSA) is 58.9 Å². The average molecular weight is 433 g/mol. The highest BCUT2D eigenvalue weighted by Crippen LogP contribution is 2.71. The van der Waals surface area contributed by atoms with Crippen molar-refractivity contribution in [2.75, 3.05) is 6.61 Å². The molecule has 0 aromatic carbocycles. The second-order valence-corrected chi connectivity index (χ2v) is 13.2. The lowest BCUT2D eigenvalue weighted by Crippen LogP contribution is -2.57. The third-order valence-electron chi connectivity index (χ3n) is 11.9. The molecule has 0 bridgehead atoms. The molecule has 13 atom stereocenters. The highest BCUT2D eigenvalue weighted by Gasteiger charge is 2.72. The Balaban J connectivity index is 1.31. The van der Waals surface area contributed by atoms with E-state index < -0.39 is 5.79 Å². The van der Waals surface area contributed by atoms with Crippen LogP contribution in [0.4, 0.5) is 0 Å². The summed E-state index contributed by atoms with van der Waals surface area (Å²) >= 11 is 0. The van der Waals surface area contributed by atoms with Crippen LogP contribution in [0, 0.1) is 52.3 Å². The normalized spacial score (nSPS) is 63.3. The quantitative estimate of drug-likeness (QED) is 0.579. The molecule has 6 fully saturated rings. The number of hydrogen-bond acceptors (Lipinski definition) is 4. The molecular formula is C27H44O4. The van der Waals surface area contributed by atoms with Gasteiger partial charge in [-0.15, -0.1) is 0 Å². The molecule has 4 saturated carbocycles. The first kappa shape index (κ1) is 21.4. The largest absolute Gasteiger partial charge is 0.393 e. The molecule has 2 aliphatic heterocycles. The van der Waals surface area contributed by atoms with Gasteiger partial charge in [-0.25, -0.2) is 0 Å². The van der Waals surface area contributed by atoms with E-state index in [-0.39, 0.29) is 29.1 Å². The molecule has 0 unspecified atom stereocenters. The molecule has 2 N–H and O–H groups in total. The zero-order valence-corrected chi connectivity index (χ0v) is 20.1. The van der Waals surface area contributed by atoms with Crippen LogP contribution in [0.1, 0.15) is 85.5 Å². The SMILES string of the molecule is C[C@@H]1CC[C@@]2(OC1)O[C@H]1[C@@H](O)[C@H]3[C@@H]4CC[C@H]5CC[C@H](O)C[C@]5(C)[C@H]4CC[C@]3(C)[C@H]1[C@@H]2C. The van der Waals surface area contributed by atoms with Gasteiger partial charge < -0.3 is 19.7 Å². The molecule has 6 aliphatic rings. The molecule has 0 aromatic heterocycles. The van der Waals surface area contributed by atoms with Crippen LogP contribution < -0.4 is 0 Å². The molecule has 2 heterocycles. The van der Waals surface area contributed by atoms with Crippen LogP contribution in [0.3, 0.4) is 0 Å². The van der Waals surface area contributed by atoms with Gasteiger partial charge in [0.05, 0.1) is 24.9 Å². The zero-order valence-electron chi connectivity index (χ0n) is 20.1. The molecule has 4 aliphatic carbocycles. The van der Waals surface area contributed by atoms with Crippen LogP contribution in [0.25, 0.3) is 0 Å². The predicted molar refractivity (Wildman–Crippen MR) is 119 cm³/mol. The van der Waals surface area contributed by atoms with E-state index in [2.05, 4.69) is 27.7 Å². The molecule has 4 heteroatoms. The summed E-state index contributed by atoms with van der Waals surface area (Å²) in [5, 5.41) is 22.3. The summed E-state index contributed by atoms with van der Waals surface area (Å²) in [5.74, 6) is 3.18. The molecule has 0 amide bonds. The van der Waals surface area contributed by atoms with Gasteiger partial charge in [-0.05, 0) is 91.8 Å². The number of aliphatic hydroxyl groups is 2. The smallest absolute Gasteiger partial charge is 0.171 e. The first-order valence-corrected chi connectivity index (χ1v) is 13.4. The highest BCUT2D eigenvalue weighted by atomic mass is 16.7. The summed E-state index contributed by atoms with van der Waals surface area (Å²) in [6.45, 7) is 10.4. The van der Waals surface area contributed by atoms with Crippen molar-refractivity contribution in [1.29, 1.82) is 0 Å². The van der Waals surface area contributed by atoms with Crippen molar-refractivity contribution in [3.63, 3.8) is 0 Å². The summed E-state index contributed by atoms with van der Waals surface area (Å²) in [6, 6.07) is 0. The minimum atomic E-state index is -0.467. The fourth-order valence-corrected chi connectivity index (χ4v) is 10.4. The van der Waals surface area contributed by atoms with E-state index in [0.29, 0.717) is 35.5 Å². The Labute approximate surface area is 188 Å². The lowest BCUT2D eigenvalue weighted by Gasteiger charge is -2.61. The van der Waals surface area contributed by atoms with Gasteiger partial charge in [-0.1, -0.05) is 27.7 Å². The van der Waals surface area contributed by atoms with Crippen molar-refractivity contribution in [2.45, 2.75) is 110 Å². The number of rotatable bonds is 0. The van der Waals surface area contributed by atoms with E-state index in [9.17, 15) is 10.2 Å². The van der Waals surface area contributed by atoms with E-state index in [1.807, 2.05) is 0 Å². The summed E-state index contributed by atoms with van der Waals surface area (Å²) in [4.78, 5) is 0. The van der Waals surface area contributed by atoms with Gasteiger partial charge in [0.1, 0.15) is 0 Å². The average Bonchev–Trinajstić information content (AvgIpc) is 3.13. The minimum absolute atomic E-state index is 0.0698. The van der Waals surface area contributed by atoms with E-state index in [0.717, 1.165) is 38.2 Å². The molecule has 6 rings (SSSR count). The standard InChI is InChI=1S/C27H44O4/c1-15-9-12-27(30-14-15)16(2)21-24(31-27)23(29)22-19-8-6-17-5-7-18(28)13-26(17,4)20(19)10-11-25(21,22)3/h15-24,28-29H,5-14H2,1-4H3/t15-,16+,17-,18+,19-,20+,21+,22-,23+,24-,25-,26+,27-/m1/s1. The molecule has 0 radical (unpaired) electrons. The first-order chi connectivity index (χ1) is 14.7. The zero-order chi connectivity index (χ0) is 21.8. The van der Waals surface area contributed by atoms with Crippen molar-refractivity contribution < 1.29 is 19.7 Å². The molecule has 31 heavy (non-hydrogen) atoms. The van der Waals surface area contributed by atoms with E-state index in [1.54, 1.807) is 0 Å². The van der Waals surface area contributed by atoms with Crippen LogP contribution in [0.15, 0.2) is 0 Å². The van der Waals surface area contributed by atoms with Gasteiger partial charge in [0.25, 0.3) is 0 Å². The van der Waals surface area contributed by atoms with E-state index in [1.165, 1.54) is 32.1 Å². The molecule has 1 spiro atoms. The molecule has 0 aromatic rings. The van der Waals surface area contributed by atoms with E-state index >= 15 is 0 Å². The predicted octanol–water partition coefficient (Wildman–Crippen LogP) is 4.76. The van der Waals surface area contributed by atoms with Crippen LogP contribution in [0.5, 0.6) is 0 Å². The van der Waals surface area contributed by atoms with Crippen LogP contribution in [-0.2, 0) is 9.47 Å². The monoisotopic (exact) mass is 432 g/mol. The number of ether oxygens (including phenoxy) is 2. The van der Waals surface area contributed by atoms with E-state index in [4.69, 9.17) is 9.47 Å². The van der Waals surface area contributed by atoms with Gasteiger partial charge in [0.15, 0.2) is 5.79 Å². The third-order valence-corrected chi connectivity index (χ3v) is 11.9. The third kappa shape index (κ3) is 2.74. The van der Waals surface area contributed by atoms with Gasteiger partial charge in [-0.3, -0.25) is 0 Å². The maximum Gasteiger partial charge on any atom is 0.171 e. The van der Waals surface area contributed by atoms with Crippen molar-refractivity contribution in [1.82, 2.24) is 0 Å². The van der Waals surface area contributed by atoms with Crippen molar-refractivity contribution in [2.24, 2.45) is 52.3 Å². The Bertz CT molecular complexity index is 716. The van der Waals surface area contributed by atoms with Crippen LogP contribution in [0.2, 0.25) is 0 Å². The summed E-state index contributed by atoms with van der Waals surface area (Å²) in [7, 11) is 0. The maximum atomic E-state index is 11.8. The summed E-state index contributed by atoms with van der Waals surface area (Å²) in [5.41, 5.74) is 0.382. The molecule has 176 valence electrons. The number of aliphatic hydroxyl groups excluding tert-OH is 2. The van der Waals surface area contributed by atoms with Crippen molar-refractivity contribution >= 4 is 0 Å². The lowest BCUT2D eigenvalue weighted by atomic mass is 9.44. The second kappa shape index (κ2) is 6.93. The molecule has 4 nitrogen and oxygen atoms in total. The van der Waals surface area contributed by atoms with Crippen LogP contribution in [-0.4, -0.2) is 40.9 Å². The Kier molecular flexibility index (Phi) is 4.78. The maximum absolute atomic E-state index is 11.8. The van der Waals surface area contributed by atoms with Crippen LogP contribution >= 0.6 is 0 Å². The Morgan fingerprint density at radius 1 is 0.839 bits per heavy atom.